The van der Waals surface area contributed by atoms with Crippen molar-refractivity contribution >= 4 is 31.9 Å². The Morgan fingerprint density at radius 2 is 1.67 bits per heavy atom. The van der Waals surface area contributed by atoms with Gasteiger partial charge in [-0.05, 0) is 50.5 Å². The van der Waals surface area contributed by atoms with Crippen LogP contribution in [0.4, 0.5) is 0 Å². The van der Waals surface area contributed by atoms with Crippen molar-refractivity contribution in [2.45, 2.75) is 32.0 Å². The van der Waals surface area contributed by atoms with Crippen LogP contribution in [0, 0.1) is 20.8 Å². The second-order valence-electron chi connectivity index (χ2n) is 4.55. The molecule has 2 rings (SSSR count). The van der Waals surface area contributed by atoms with Crippen molar-refractivity contribution in [3.05, 3.63) is 56.9 Å². The molecule has 1 nitrogen and oxygen atoms in total. The maximum Gasteiger partial charge on any atom is 0.105 e. The summed E-state index contributed by atoms with van der Waals surface area (Å²) in [5.74, 6) is 2.03. The van der Waals surface area contributed by atoms with Gasteiger partial charge in [-0.2, -0.15) is 0 Å². The van der Waals surface area contributed by atoms with Crippen LogP contribution in [0.1, 0.15) is 33.0 Å². The summed E-state index contributed by atoms with van der Waals surface area (Å²) >= 11 is 7.24. The minimum Gasteiger partial charge on any atom is -0.466 e. The maximum absolute atomic E-state index is 5.69. The van der Waals surface area contributed by atoms with Crippen molar-refractivity contribution in [1.29, 1.82) is 0 Å². The van der Waals surface area contributed by atoms with E-state index in [4.69, 9.17) is 4.42 Å². The van der Waals surface area contributed by atoms with Gasteiger partial charge >= 0.3 is 0 Å². The van der Waals surface area contributed by atoms with Gasteiger partial charge in [-0.1, -0.05) is 44.0 Å². The first-order valence-corrected chi connectivity index (χ1v) is 7.65. The van der Waals surface area contributed by atoms with E-state index in [-0.39, 0.29) is 0 Å². The Kier molecular flexibility index (Phi) is 4.33. The average molecular weight is 372 g/mol. The molecule has 0 bridgehead atoms. The van der Waals surface area contributed by atoms with Crippen molar-refractivity contribution < 1.29 is 4.42 Å². The van der Waals surface area contributed by atoms with Crippen LogP contribution in [0.2, 0.25) is 0 Å². The molecular formula is C15H16Br2O. The van der Waals surface area contributed by atoms with Crippen molar-refractivity contribution in [2.24, 2.45) is 0 Å². The Labute approximate surface area is 125 Å². The molecule has 2 aromatic rings. The maximum atomic E-state index is 5.69. The molecule has 0 saturated heterocycles. The topological polar surface area (TPSA) is 13.1 Å². The third-order valence-electron chi connectivity index (χ3n) is 3.26. The summed E-state index contributed by atoms with van der Waals surface area (Å²) < 4.78 is 6.80. The first-order chi connectivity index (χ1) is 8.49. The lowest BCUT2D eigenvalue weighted by atomic mass is 10.0. The molecule has 0 radical (unpaired) electrons. The van der Waals surface area contributed by atoms with Gasteiger partial charge in [0.05, 0.1) is 0 Å². The van der Waals surface area contributed by atoms with Gasteiger partial charge in [0, 0.05) is 14.9 Å². The van der Waals surface area contributed by atoms with Crippen LogP contribution in [-0.2, 0) is 6.42 Å². The van der Waals surface area contributed by atoms with Gasteiger partial charge < -0.3 is 4.42 Å². The fourth-order valence-corrected chi connectivity index (χ4v) is 3.50. The van der Waals surface area contributed by atoms with Gasteiger partial charge in [0.2, 0.25) is 0 Å². The molecule has 0 fully saturated rings. The van der Waals surface area contributed by atoms with Crippen molar-refractivity contribution in [3.63, 3.8) is 0 Å². The molecule has 0 amide bonds. The highest BCUT2D eigenvalue weighted by molar-refractivity contribution is 9.10. The fraction of sp³-hybridized carbons (Fsp3) is 0.333. The van der Waals surface area contributed by atoms with E-state index in [9.17, 15) is 0 Å². The number of alkyl halides is 1. The molecule has 0 N–H and O–H groups in total. The Morgan fingerprint density at radius 3 is 2.17 bits per heavy atom. The first-order valence-electron chi connectivity index (χ1n) is 5.94. The second kappa shape index (κ2) is 5.62. The summed E-state index contributed by atoms with van der Waals surface area (Å²) in [6.07, 6.45) is 0.966. The highest BCUT2D eigenvalue weighted by atomic mass is 79.9. The molecule has 18 heavy (non-hydrogen) atoms. The van der Waals surface area contributed by atoms with Crippen LogP contribution in [0.25, 0.3) is 0 Å². The molecule has 96 valence electrons. The fourth-order valence-electron chi connectivity index (χ4n) is 2.20. The second-order valence-corrected chi connectivity index (χ2v) is 6.57. The number of benzene rings is 1. The molecule has 0 spiro atoms. The molecule has 1 unspecified atom stereocenters. The predicted octanol–water partition coefficient (Wildman–Crippen LogP) is 5.65. The third-order valence-corrected chi connectivity index (χ3v) is 4.57. The number of hydrogen-bond acceptors (Lipinski definition) is 1. The van der Waals surface area contributed by atoms with Gasteiger partial charge in [-0.25, -0.2) is 0 Å². The van der Waals surface area contributed by atoms with Crippen molar-refractivity contribution in [2.75, 3.05) is 0 Å². The summed E-state index contributed by atoms with van der Waals surface area (Å²) in [5.41, 5.74) is 3.86. The summed E-state index contributed by atoms with van der Waals surface area (Å²) in [5, 5.41) is 0. The predicted molar refractivity (Wildman–Crippen MR) is 82.4 cm³/mol. The number of furan rings is 1. The van der Waals surface area contributed by atoms with E-state index in [0.717, 1.165) is 22.4 Å². The number of rotatable bonds is 3. The zero-order chi connectivity index (χ0) is 13.3. The lowest BCUT2D eigenvalue weighted by Gasteiger charge is -2.10. The largest absolute Gasteiger partial charge is 0.466 e. The van der Waals surface area contributed by atoms with Crippen LogP contribution < -0.4 is 0 Å². The van der Waals surface area contributed by atoms with Gasteiger partial charge in [-0.15, -0.1) is 0 Å². The molecule has 0 aliphatic heterocycles. The number of halogens is 2. The number of aryl methyl sites for hydroxylation is 2. The molecule has 1 heterocycles. The Hall–Kier alpha value is -0.540. The Morgan fingerprint density at radius 1 is 1.06 bits per heavy atom. The average Bonchev–Trinajstić information content (AvgIpc) is 2.56. The summed E-state index contributed by atoms with van der Waals surface area (Å²) in [7, 11) is 0. The smallest absolute Gasteiger partial charge is 0.105 e. The lowest BCUT2D eigenvalue weighted by molar-refractivity contribution is 0.499. The zero-order valence-electron chi connectivity index (χ0n) is 10.8. The Bertz CT molecular complexity index is 540. The van der Waals surface area contributed by atoms with E-state index in [0.29, 0.717) is 4.83 Å². The molecule has 3 heteroatoms. The van der Waals surface area contributed by atoms with E-state index in [2.05, 4.69) is 63.0 Å². The van der Waals surface area contributed by atoms with Gasteiger partial charge in [-0.3, -0.25) is 0 Å². The molecule has 1 aromatic heterocycles. The Balaban J connectivity index is 2.21. The van der Waals surface area contributed by atoms with Crippen LogP contribution in [0.3, 0.4) is 0 Å². The highest BCUT2D eigenvalue weighted by Crippen LogP contribution is 2.35. The van der Waals surface area contributed by atoms with E-state index in [1.54, 1.807) is 0 Å². The molecular weight excluding hydrogens is 356 g/mol. The third kappa shape index (κ3) is 2.89. The zero-order valence-corrected chi connectivity index (χ0v) is 13.9. The van der Waals surface area contributed by atoms with E-state index in [1.165, 1.54) is 16.7 Å². The molecule has 0 saturated carbocycles. The highest BCUT2D eigenvalue weighted by Gasteiger charge is 2.18. The molecule has 0 aliphatic rings. The summed E-state index contributed by atoms with van der Waals surface area (Å²) in [6.45, 7) is 6.17. The monoisotopic (exact) mass is 370 g/mol. The van der Waals surface area contributed by atoms with Crippen molar-refractivity contribution in [3.8, 4) is 0 Å². The van der Waals surface area contributed by atoms with E-state index >= 15 is 0 Å². The van der Waals surface area contributed by atoms with Crippen LogP contribution in [0.5, 0.6) is 0 Å². The van der Waals surface area contributed by atoms with E-state index in [1.807, 2.05) is 13.8 Å². The summed E-state index contributed by atoms with van der Waals surface area (Å²) in [6, 6.07) is 8.46. The minimum atomic E-state index is 0.302. The van der Waals surface area contributed by atoms with Gasteiger partial charge in [0.1, 0.15) is 11.5 Å². The number of hydrogen-bond donors (Lipinski definition) is 0. The summed E-state index contributed by atoms with van der Waals surface area (Å²) in [4.78, 5) is 0.302. The standard InChI is InChI=1S/C15H16Br2O/c1-9-10(2)18-11(3)15(9)14(17)8-12-4-6-13(16)7-5-12/h4-7,14H,8H2,1-3H3. The minimum absolute atomic E-state index is 0.302. The normalized spacial score (nSPS) is 12.7. The first kappa shape index (κ1) is 13.9. The van der Waals surface area contributed by atoms with Crippen LogP contribution in [0.15, 0.2) is 33.2 Å². The van der Waals surface area contributed by atoms with Crippen LogP contribution >= 0.6 is 31.9 Å². The quantitative estimate of drug-likeness (QED) is 0.635. The molecule has 1 aromatic carbocycles. The van der Waals surface area contributed by atoms with Gasteiger partial charge in [0.15, 0.2) is 0 Å². The lowest BCUT2D eigenvalue weighted by Crippen LogP contribution is -1.97. The SMILES string of the molecule is Cc1oc(C)c(C(Br)Cc2ccc(Br)cc2)c1C. The molecule has 0 aliphatic carbocycles. The van der Waals surface area contributed by atoms with Crippen LogP contribution in [-0.4, -0.2) is 0 Å². The van der Waals surface area contributed by atoms with E-state index < -0.39 is 0 Å². The van der Waals surface area contributed by atoms with Crippen molar-refractivity contribution in [1.82, 2.24) is 0 Å². The van der Waals surface area contributed by atoms with Gasteiger partial charge in [0.25, 0.3) is 0 Å². The molecule has 1 atom stereocenters.